The molecule has 0 amide bonds. The normalized spacial score (nSPS) is 12.2. The summed E-state index contributed by atoms with van der Waals surface area (Å²) < 4.78 is 27.6. The molecule has 0 aliphatic carbocycles. The van der Waals surface area contributed by atoms with E-state index in [1.165, 1.54) is 23.9 Å². The van der Waals surface area contributed by atoms with E-state index in [0.717, 1.165) is 11.6 Å². The molecule has 2 aromatic carbocycles. The second-order valence-corrected chi connectivity index (χ2v) is 6.93. The van der Waals surface area contributed by atoms with Gasteiger partial charge in [0.1, 0.15) is 11.6 Å². The zero-order valence-corrected chi connectivity index (χ0v) is 14.5. The van der Waals surface area contributed by atoms with Gasteiger partial charge < -0.3 is 0 Å². The minimum absolute atomic E-state index is 0.352. The molecule has 3 rings (SSSR count). The summed E-state index contributed by atoms with van der Waals surface area (Å²) in [7, 11) is 0. The summed E-state index contributed by atoms with van der Waals surface area (Å²) in [4.78, 5) is 4.80. The maximum absolute atomic E-state index is 14.3. The molecular weight excluding hydrogens is 371 g/mol. The van der Waals surface area contributed by atoms with Crippen molar-refractivity contribution in [3.8, 4) is 0 Å². The first-order valence-corrected chi connectivity index (χ1v) is 8.65. The second kappa shape index (κ2) is 7.51. The van der Waals surface area contributed by atoms with Gasteiger partial charge in [0.25, 0.3) is 0 Å². The van der Waals surface area contributed by atoms with Crippen molar-refractivity contribution >= 4 is 35.0 Å². The number of halogens is 4. The lowest BCUT2D eigenvalue weighted by molar-refractivity contribution is 0.574. The van der Waals surface area contributed by atoms with Crippen LogP contribution in [0.15, 0.2) is 65.8 Å². The SMILES string of the molecule is Fc1ccc(C(Sc2cccc(Cl)c2Cl)c2cccnc2)c(F)c1. The molecule has 6 heteroatoms. The topological polar surface area (TPSA) is 12.9 Å². The summed E-state index contributed by atoms with van der Waals surface area (Å²) in [6.45, 7) is 0. The Labute approximate surface area is 152 Å². The third-order valence-corrected chi connectivity index (χ3v) is 5.68. The van der Waals surface area contributed by atoms with Gasteiger partial charge in [0.15, 0.2) is 0 Å². The van der Waals surface area contributed by atoms with Gasteiger partial charge in [0, 0.05) is 28.9 Å². The van der Waals surface area contributed by atoms with Crippen LogP contribution in [0.25, 0.3) is 0 Å². The van der Waals surface area contributed by atoms with E-state index < -0.39 is 16.9 Å². The minimum Gasteiger partial charge on any atom is -0.264 e. The number of pyridine rings is 1. The van der Waals surface area contributed by atoms with E-state index in [1.54, 1.807) is 30.6 Å². The van der Waals surface area contributed by atoms with Crippen molar-refractivity contribution in [1.29, 1.82) is 0 Å². The lowest BCUT2D eigenvalue weighted by atomic mass is 10.1. The van der Waals surface area contributed by atoms with E-state index in [-0.39, 0.29) is 0 Å². The molecule has 0 spiro atoms. The van der Waals surface area contributed by atoms with Crippen molar-refractivity contribution in [2.24, 2.45) is 0 Å². The maximum atomic E-state index is 14.3. The molecule has 0 radical (unpaired) electrons. The van der Waals surface area contributed by atoms with Gasteiger partial charge in [-0.25, -0.2) is 8.78 Å². The first-order valence-electron chi connectivity index (χ1n) is 7.02. The van der Waals surface area contributed by atoms with Crippen LogP contribution in [-0.2, 0) is 0 Å². The number of aromatic nitrogens is 1. The molecule has 1 unspecified atom stereocenters. The lowest BCUT2D eigenvalue weighted by Crippen LogP contribution is -2.01. The predicted molar refractivity (Wildman–Crippen MR) is 94.8 cm³/mol. The Bertz CT molecular complexity index is 859. The Morgan fingerprint density at radius 3 is 2.54 bits per heavy atom. The first-order chi connectivity index (χ1) is 11.6. The Balaban J connectivity index is 2.07. The van der Waals surface area contributed by atoms with Gasteiger partial charge in [0.2, 0.25) is 0 Å². The molecule has 0 saturated carbocycles. The molecule has 0 bridgehead atoms. The Hall–Kier alpha value is -1.62. The largest absolute Gasteiger partial charge is 0.264 e. The van der Waals surface area contributed by atoms with Gasteiger partial charge in [0.05, 0.1) is 15.3 Å². The highest BCUT2D eigenvalue weighted by molar-refractivity contribution is 7.99. The predicted octanol–water partition coefficient (Wildman–Crippen LogP) is 6.55. The molecule has 1 nitrogen and oxygen atoms in total. The van der Waals surface area contributed by atoms with Crippen molar-refractivity contribution in [3.05, 3.63) is 93.7 Å². The van der Waals surface area contributed by atoms with Gasteiger partial charge >= 0.3 is 0 Å². The van der Waals surface area contributed by atoms with Crippen molar-refractivity contribution in [1.82, 2.24) is 4.98 Å². The third-order valence-electron chi connectivity index (χ3n) is 3.39. The van der Waals surface area contributed by atoms with Crippen molar-refractivity contribution < 1.29 is 8.78 Å². The summed E-state index contributed by atoms with van der Waals surface area (Å²) in [6, 6.07) is 12.4. The van der Waals surface area contributed by atoms with Crippen LogP contribution >= 0.6 is 35.0 Å². The van der Waals surface area contributed by atoms with Crippen molar-refractivity contribution in [3.63, 3.8) is 0 Å². The second-order valence-electron chi connectivity index (χ2n) is 5.00. The fraction of sp³-hybridized carbons (Fsp3) is 0.0556. The van der Waals surface area contributed by atoms with E-state index in [9.17, 15) is 8.78 Å². The lowest BCUT2D eigenvalue weighted by Gasteiger charge is -2.19. The highest BCUT2D eigenvalue weighted by atomic mass is 35.5. The van der Waals surface area contributed by atoms with Gasteiger partial charge in [-0.1, -0.05) is 41.4 Å². The molecule has 1 aromatic heterocycles. The third kappa shape index (κ3) is 3.72. The Morgan fingerprint density at radius 1 is 1.00 bits per heavy atom. The fourth-order valence-corrected chi connectivity index (χ4v) is 3.97. The van der Waals surface area contributed by atoms with Gasteiger partial charge in [-0.15, -0.1) is 11.8 Å². The van der Waals surface area contributed by atoms with Crippen molar-refractivity contribution in [2.45, 2.75) is 10.1 Å². The summed E-state index contributed by atoms with van der Waals surface area (Å²) in [5, 5.41) is 0.391. The van der Waals surface area contributed by atoms with E-state index in [0.29, 0.717) is 20.5 Å². The van der Waals surface area contributed by atoms with Crippen LogP contribution in [0.4, 0.5) is 8.78 Å². The van der Waals surface area contributed by atoms with Crippen LogP contribution in [0.5, 0.6) is 0 Å². The van der Waals surface area contributed by atoms with Gasteiger partial charge in [-0.3, -0.25) is 4.98 Å². The number of hydrogen-bond donors (Lipinski definition) is 0. The number of hydrogen-bond acceptors (Lipinski definition) is 2. The number of benzene rings is 2. The minimum atomic E-state index is -0.619. The van der Waals surface area contributed by atoms with E-state index in [2.05, 4.69) is 4.98 Å². The summed E-state index contributed by atoms with van der Waals surface area (Å²) >= 11 is 13.7. The summed E-state index contributed by atoms with van der Waals surface area (Å²) in [5.74, 6) is -1.23. The maximum Gasteiger partial charge on any atom is 0.130 e. The average molecular weight is 382 g/mol. The standard InChI is InChI=1S/C18H11Cl2F2NS/c19-14-4-1-5-16(17(14)20)24-18(11-3-2-8-23-10-11)13-7-6-12(21)9-15(13)22/h1-10,18H. The molecule has 0 fully saturated rings. The molecule has 0 aliphatic rings. The molecule has 122 valence electrons. The fourth-order valence-electron chi connectivity index (χ4n) is 2.26. The first kappa shape index (κ1) is 17.2. The van der Waals surface area contributed by atoms with Crippen LogP contribution in [0.2, 0.25) is 10.0 Å². The molecule has 0 saturated heterocycles. The molecule has 24 heavy (non-hydrogen) atoms. The van der Waals surface area contributed by atoms with Crippen LogP contribution in [-0.4, -0.2) is 4.98 Å². The van der Waals surface area contributed by atoms with Crippen LogP contribution < -0.4 is 0 Å². The molecular formula is C18H11Cl2F2NS. The molecule has 3 aromatic rings. The van der Waals surface area contributed by atoms with Crippen molar-refractivity contribution in [2.75, 3.05) is 0 Å². The van der Waals surface area contributed by atoms with E-state index >= 15 is 0 Å². The number of nitrogens with zero attached hydrogens (tertiary/aromatic N) is 1. The zero-order valence-electron chi connectivity index (χ0n) is 12.2. The Morgan fingerprint density at radius 2 is 1.83 bits per heavy atom. The van der Waals surface area contributed by atoms with E-state index in [4.69, 9.17) is 23.2 Å². The summed E-state index contributed by atoms with van der Waals surface area (Å²) in [5.41, 5.74) is 1.13. The van der Waals surface area contributed by atoms with Gasteiger partial charge in [-0.2, -0.15) is 0 Å². The zero-order chi connectivity index (χ0) is 17.1. The van der Waals surface area contributed by atoms with Gasteiger partial charge in [-0.05, 0) is 29.8 Å². The van der Waals surface area contributed by atoms with Crippen LogP contribution in [0.3, 0.4) is 0 Å². The monoisotopic (exact) mass is 381 g/mol. The number of thioether (sulfide) groups is 1. The highest BCUT2D eigenvalue weighted by Crippen LogP contribution is 2.45. The van der Waals surface area contributed by atoms with Crippen LogP contribution in [0, 0.1) is 11.6 Å². The van der Waals surface area contributed by atoms with E-state index in [1.807, 2.05) is 12.1 Å². The smallest absolute Gasteiger partial charge is 0.130 e. The molecule has 1 atom stereocenters. The quantitative estimate of drug-likeness (QED) is 0.475. The Kier molecular flexibility index (Phi) is 5.39. The number of rotatable bonds is 4. The highest BCUT2D eigenvalue weighted by Gasteiger charge is 2.21. The van der Waals surface area contributed by atoms with Crippen LogP contribution in [0.1, 0.15) is 16.4 Å². The average Bonchev–Trinajstić information content (AvgIpc) is 2.58. The molecule has 0 N–H and O–H groups in total. The molecule has 0 aliphatic heterocycles. The molecule has 1 heterocycles. The summed E-state index contributed by atoms with van der Waals surface area (Å²) in [6.07, 6.45) is 3.29.